The van der Waals surface area contributed by atoms with Crippen LogP contribution in [-0.2, 0) is 0 Å². The molecule has 0 radical (unpaired) electrons. The summed E-state index contributed by atoms with van der Waals surface area (Å²) in [7, 11) is 0. The first-order chi connectivity index (χ1) is 54.1. The number of anilines is 7. The Morgan fingerprint density at radius 3 is 0.903 bits per heavy atom. The Hall–Kier alpha value is -6.70. The van der Waals surface area contributed by atoms with Crippen molar-refractivity contribution in [2.75, 3.05) is 126 Å². The van der Waals surface area contributed by atoms with Crippen molar-refractivity contribution >= 4 is 63.0 Å². The molecule has 7 aromatic carbocycles. The molecule has 0 atom stereocenters. The molecule has 7 aromatic rings. The van der Waals surface area contributed by atoms with E-state index in [1.165, 1.54) is 138 Å². The monoisotopic (exact) mass is 1600 g/mol. The lowest BCUT2D eigenvalue weighted by molar-refractivity contribution is 0.309. The molecule has 0 aliphatic carbocycles. The molecular formula is C98H139Cl2F6N7. The second-order valence-electron chi connectivity index (χ2n) is 35.3. The average Bonchev–Trinajstić information content (AvgIpc) is 0.938. The molecule has 7 nitrogen and oxygen atoms in total. The van der Waals surface area contributed by atoms with Crippen LogP contribution in [0.3, 0.4) is 0 Å². The van der Waals surface area contributed by atoms with Crippen molar-refractivity contribution in [1.82, 2.24) is 0 Å². The third-order valence-corrected chi connectivity index (χ3v) is 26.3. The van der Waals surface area contributed by atoms with Crippen LogP contribution < -0.4 is 34.3 Å². The predicted molar refractivity (Wildman–Crippen MR) is 473 cm³/mol. The highest BCUT2D eigenvalue weighted by molar-refractivity contribution is 6.33. The molecule has 0 aromatic heterocycles. The summed E-state index contributed by atoms with van der Waals surface area (Å²) in [6.45, 7) is 46.4. The lowest BCUT2D eigenvalue weighted by Gasteiger charge is -2.35. The molecule has 0 unspecified atom stereocenters. The van der Waals surface area contributed by atoms with Crippen LogP contribution in [-0.4, -0.2) is 91.6 Å². The fraction of sp³-hybridized carbons (Fsp3) is 0.571. The fourth-order valence-corrected chi connectivity index (χ4v) is 18.1. The average molecular weight is 1600 g/mol. The van der Waals surface area contributed by atoms with Crippen molar-refractivity contribution in [2.24, 2.45) is 82.9 Å². The molecule has 0 N–H and O–H groups in total. The van der Waals surface area contributed by atoms with Crippen LogP contribution in [0, 0.1) is 118 Å². The maximum atomic E-state index is 13.6. The summed E-state index contributed by atoms with van der Waals surface area (Å²) in [5, 5.41) is 1.72. The second-order valence-corrected chi connectivity index (χ2v) is 36.2. The van der Waals surface area contributed by atoms with E-state index in [1.54, 1.807) is 36.4 Å². The van der Waals surface area contributed by atoms with Crippen LogP contribution >= 0.6 is 23.2 Å². The molecular weight excluding hydrogens is 1460 g/mol. The number of para-hydroxylation sites is 4. The molecule has 0 saturated carbocycles. The van der Waals surface area contributed by atoms with Crippen LogP contribution in [0.25, 0.3) is 0 Å². The smallest absolute Gasteiger partial charge is 0.182 e. The van der Waals surface area contributed by atoms with Crippen LogP contribution in [0.4, 0.5) is 66.2 Å². The first-order valence-electron chi connectivity index (χ1n) is 43.3. The quantitative estimate of drug-likeness (QED) is 0.1000. The van der Waals surface area contributed by atoms with Crippen molar-refractivity contribution in [2.45, 2.75) is 187 Å². The van der Waals surface area contributed by atoms with Crippen molar-refractivity contribution < 1.29 is 26.3 Å². The normalized spacial score (nSPS) is 18.1. The number of halogens is 8. The molecule has 7 fully saturated rings. The largest absolute Gasteiger partial charge is 0.372 e. The molecule has 7 aliphatic heterocycles. The van der Waals surface area contributed by atoms with Gasteiger partial charge in [-0.1, -0.05) is 187 Å². The van der Waals surface area contributed by atoms with E-state index in [2.05, 4.69) is 176 Å². The van der Waals surface area contributed by atoms with Crippen LogP contribution in [0.1, 0.15) is 187 Å². The van der Waals surface area contributed by atoms with Gasteiger partial charge in [0.25, 0.3) is 0 Å². The Kier molecular flexibility index (Phi) is 38.1. The van der Waals surface area contributed by atoms with Gasteiger partial charge in [0.15, 0.2) is 11.6 Å². The Balaban J connectivity index is 0.000000165. The molecule has 113 heavy (non-hydrogen) atoms. The van der Waals surface area contributed by atoms with E-state index >= 15 is 0 Å². The minimum Gasteiger partial charge on any atom is -0.372 e. The minimum absolute atomic E-state index is 0.0921. The van der Waals surface area contributed by atoms with Crippen molar-refractivity contribution in [3.05, 3.63) is 209 Å². The Bertz CT molecular complexity index is 3640. The highest BCUT2D eigenvalue weighted by Crippen LogP contribution is 2.37. The Morgan fingerprint density at radius 1 is 0.248 bits per heavy atom. The van der Waals surface area contributed by atoms with E-state index in [0.29, 0.717) is 29.4 Å². The van der Waals surface area contributed by atoms with E-state index in [9.17, 15) is 26.3 Å². The third-order valence-electron chi connectivity index (χ3n) is 25.8. The van der Waals surface area contributed by atoms with E-state index in [-0.39, 0.29) is 17.3 Å². The van der Waals surface area contributed by atoms with Gasteiger partial charge in [0.1, 0.15) is 29.0 Å². The summed E-state index contributed by atoms with van der Waals surface area (Å²) in [5.74, 6) is 8.50. The van der Waals surface area contributed by atoms with Crippen molar-refractivity contribution in [3.8, 4) is 0 Å². The lowest BCUT2D eigenvalue weighted by atomic mass is 9.86. The molecule has 0 amide bonds. The maximum Gasteiger partial charge on any atom is 0.182 e. The van der Waals surface area contributed by atoms with Gasteiger partial charge >= 0.3 is 0 Å². The molecule has 7 aliphatic rings. The first-order valence-corrected chi connectivity index (χ1v) is 44.1. The molecule has 7 saturated heterocycles. The van der Waals surface area contributed by atoms with E-state index < -0.39 is 23.3 Å². The third kappa shape index (κ3) is 28.9. The number of nitrogens with zero attached hydrogens (tertiary/aromatic N) is 7. The number of benzene rings is 7. The highest BCUT2D eigenvalue weighted by Gasteiger charge is 2.30. The van der Waals surface area contributed by atoms with Crippen molar-refractivity contribution in [3.63, 3.8) is 0 Å². The molecule has 14 rings (SSSR count). The van der Waals surface area contributed by atoms with Crippen LogP contribution in [0.2, 0.25) is 10.0 Å². The molecule has 622 valence electrons. The molecule has 0 spiro atoms. The van der Waals surface area contributed by atoms with E-state index in [4.69, 9.17) is 23.2 Å². The summed E-state index contributed by atoms with van der Waals surface area (Å²) in [6, 6.07) is 49.6. The predicted octanol–water partition coefficient (Wildman–Crippen LogP) is 27.1. The number of piperidine rings is 7. The zero-order valence-electron chi connectivity index (χ0n) is 71.1. The Morgan fingerprint density at radius 2 is 0.522 bits per heavy atom. The topological polar surface area (TPSA) is 22.7 Å². The summed E-state index contributed by atoms with van der Waals surface area (Å²) in [6.07, 6.45) is 16.9. The van der Waals surface area contributed by atoms with Crippen LogP contribution in [0.15, 0.2) is 164 Å². The van der Waals surface area contributed by atoms with Gasteiger partial charge < -0.3 is 34.3 Å². The fourth-order valence-electron chi connectivity index (χ4n) is 17.6. The summed E-state index contributed by atoms with van der Waals surface area (Å²) in [4.78, 5) is 15.6. The Labute approximate surface area is 689 Å². The highest BCUT2D eigenvalue weighted by atomic mass is 35.5. The lowest BCUT2D eigenvalue weighted by Crippen LogP contribution is -2.36. The van der Waals surface area contributed by atoms with Gasteiger partial charge in [0, 0.05) is 114 Å². The maximum absolute atomic E-state index is 13.6. The first kappa shape index (κ1) is 91.8. The van der Waals surface area contributed by atoms with Gasteiger partial charge in [-0.15, -0.1) is 0 Å². The van der Waals surface area contributed by atoms with Gasteiger partial charge in [-0.2, -0.15) is 0 Å². The van der Waals surface area contributed by atoms with Gasteiger partial charge in [0.2, 0.25) is 0 Å². The number of hydrogen-bond donors (Lipinski definition) is 0. The van der Waals surface area contributed by atoms with Crippen LogP contribution in [0.5, 0.6) is 0 Å². The van der Waals surface area contributed by atoms with E-state index in [0.717, 1.165) is 172 Å². The van der Waals surface area contributed by atoms with Gasteiger partial charge in [0.05, 0.1) is 22.1 Å². The zero-order chi connectivity index (χ0) is 81.7. The SMILES string of the molecule is CC(C)C1CCN(c2c(F)cccc2F)CC1.CC(C)C1CCN(c2cccc(Cl)c2)CC1.CC(C)C1CCN(c2cccc(F)c2)CC1.CC(C)C1CCN(c2cccc(F)c2F)CC1.CC(C)C1CCN(c2ccccc2)CC1.CC(C)C1CCN(c2ccccc2Cl)CC1.CC(C)C1CCN(c2ccccc2F)CC1. The number of rotatable bonds is 14. The van der Waals surface area contributed by atoms with Gasteiger partial charge in [-0.05, 0) is 270 Å². The standard InChI is InChI=1S/2C14H20ClN.2C14H19F2N.2C14H20FN.C14H21N/c1-11(2)12-6-8-16(9-7-12)14-5-3-4-13(15)10-14;1-11(2)12-7-9-16(10-8-12)14-6-4-3-5-13(14)15;1-10(2)11-6-8-17(9-7-11)13-5-3-4-12(15)14(13)16;1-10(2)11-6-8-17(9-7-11)14-12(15)4-3-5-13(14)16;1-11(2)12-6-8-16(9-7-12)14-5-3-4-13(15)10-14;1-11(2)12-7-9-16(10-8-12)14-6-4-3-5-13(14)15;1-12(2)13-8-10-15(11-9-13)14-6-4-3-5-7-14/h3-5,10-12H,6-9H2,1-2H3;3-6,11-12H,7-10H2,1-2H3;2*3-5,10-11H,6-9H2,1-2H3;3-5,10-12H,6-9H2,1-2H3;3-6,11-12H,7-10H2,1-2H3;3-7,12-13H,8-11H2,1-2H3. The van der Waals surface area contributed by atoms with Crippen molar-refractivity contribution in [1.29, 1.82) is 0 Å². The molecule has 0 bridgehead atoms. The molecule has 7 heterocycles. The number of hydrogen-bond acceptors (Lipinski definition) is 7. The summed E-state index contributed by atoms with van der Waals surface area (Å²) in [5.41, 5.74) is 6.22. The second kappa shape index (κ2) is 46.9. The summed E-state index contributed by atoms with van der Waals surface area (Å²) >= 11 is 12.2. The van der Waals surface area contributed by atoms with Gasteiger partial charge in [-0.25, -0.2) is 26.3 Å². The summed E-state index contributed by atoms with van der Waals surface area (Å²) < 4.78 is 80.7. The molecule has 15 heteroatoms. The van der Waals surface area contributed by atoms with Gasteiger partial charge in [-0.3, -0.25) is 0 Å². The zero-order valence-corrected chi connectivity index (χ0v) is 72.6. The minimum atomic E-state index is -0.756. The van der Waals surface area contributed by atoms with E-state index in [1.807, 2.05) is 52.3 Å².